The Balaban J connectivity index is 0.00000264. The highest BCUT2D eigenvalue weighted by atomic mass is 79.9. The Morgan fingerprint density at radius 1 is 1.26 bits per heavy atom. The summed E-state index contributed by atoms with van der Waals surface area (Å²) in [6.45, 7) is 4.59. The Morgan fingerprint density at radius 3 is 2.30 bits per heavy atom. The second-order valence-corrected chi connectivity index (χ2v) is 6.90. The van der Waals surface area contributed by atoms with E-state index in [-0.39, 0.29) is 19.0 Å². The summed E-state index contributed by atoms with van der Waals surface area (Å²) in [6, 6.07) is 3.08. The van der Waals surface area contributed by atoms with Crippen LogP contribution in [0.1, 0.15) is 33.1 Å². The summed E-state index contributed by atoms with van der Waals surface area (Å²) in [4.78, 5) is 2.23. The first-order valence-electron chi connectivity index (χ1n) is 7.59. The van der Waals surface area contributed by atoms with Gasteiger partial charge < -0.3 is 9.84 Å². The molecule has 7 heteroatoms. The van der Waals surface area contributed by atoms with Crippen LogP contribution >= 0.6 is 28.3 Å². The van der Waals surface area contributed by atoms with Crippen LogP contribution < -0.4 is 4.74 Å². The topological polar surface area (TPSA) is 32.7 Å². The van der Waals surface area contributed by atoms with Crippen molar-refractivity contribution in [2.24, 2.45) is 0 Å². The smallest absolute Gasteiger partial charge is 0.190 e. The summed E-state index contributed by atoms with van der Waals surface area (Å²) in [6.07, 6.45) is 2.62. The van der Waals surface area contributed by atoms with Gasteiger partial charge in [0, 0.05) is 23.1 Å². The van der Waals surface area contributed by atoms with Crippen molar-refractivity contribution in [1.29, 1.82) is 0 Å². The second-order valence-electron chi connectivity index (χ2n) is 5.99. The molecule has 1 aliphatic rings. The molecule has 1 fully saturated rings. The van der Waals surface area contributed by atoms with E-state index in [9.17, 15) is 13.9 Å². The van der Waals surface area contributed by atoms with Gasteiger partial charge in [-0.15, -0.1) is 12.4 Å². The zero-order valence-electron chi connectivity index (χ0n) is 13.3. The predicted molar refractivity (Wildman–Crippen MR) is 92.3 cm³/mol. The van der Waals surface area contributed by atoms with Crippen molar-refractivity contribution in [3.8, 4) is 5.75 Å². The van der Waals surface area contributed by atoms with E-state index >= 15 is 0 Å². The number of halogens is 4. The van der Waals surface area contributed by atoms with E-state index in [0.717, 1.165) is 25.0 Å². The van der Waals surface area contributed by atoms with Crippen LogP contribution in [0, 0.1) is 11.6 Å². The van der Waals surface area contributed by atoms with E-state index in [2.05, 4.69) is 34.7 Å². The van der Waals surface area contributed by atoms with E-state index in [4.69, 9.17) is 4.74 Å². The SMILES string of the molecule is CC1CCCC(C)N1CC(O)COc1c(F)cc(Br)cc1F.Cl. The molecule has 0 radical (unpaired) electrons. The van der Waals surface area contributed by atoms with Crippen LogP contribution in [-0.2, 0) is 0 Å². The zero-order valence-corrected chi connectivity index (χ0v) is 15.7. The normalized spacial score (nSPS) is 23.2. The first-order valence-corrected chi connectivity index (χ1v) is 8.39. The molecule has 132 valence electrons. The van der Waals surface area contributed by atoms with E-state index in [0.29, 0.717) is 23.1 Å². The van der Waals surface area contributed by atoms with E-state index < -0.39 is 23.5 Å². The largest absolute Gasteiger partial charge is 0.485 e. The molecule has 1 aromatic carbocycles. The minimum absolute atomic E-state index is 0. The van der Waals surface area contributed by atoms with Crippen LogP contribution in [0.3, 0.4) is 0 Å². The molecule has 1 aliphatic heterocycles. The molecule has 0 saturated carbocycles. The fourth-order valence-corrected chi connectivity index (χ4v) is 3.38. The number of aliphatic hydroxyl groups is 1. The van der Waals surface area contributed by atoms with Gasteiger partial charge in [-0.2, -0.15) is 0 Å². The van der Waals surface area contributed by atoms with E-state index in [1.54, 1.807) is 0 Å². The van der Waals surface area contributed by atoms with Gasteiger partial charge in [0.2, 0.25) is 0 Å². The third-order valence-corrected chi connectivity index (χ3v) is 4.64. The highest BCUT2D eigenvalue weighted by Crippen LogP contribution is 2.26. The number of nitrogens with zero attached hydrogens (tertiary/aromatic N) is 1. The van der Waals surface area contributed by atoms with Gasteiger partial charge in [0.25, 0.3) is 0 Å². The first-order chi connectivity index (χ1) is 10.4. The maximum absolute atomic E-state index is 13.7. The second kappa shape index (κ2) is 9.16. The molecular weight excluding hydrogens is 392 g/mol. The highest BCUT2D eigenvalue weighted by Gasteiger charge is 2.26. The fourth-order valence-electron chi connectivity index (χ4n) is 2.98. The van der Waals surface area contributed by atoms with Crippen LogP contribution in [0.25, 0.3) is 0 Å². The summed E-state index contributed by atoms with van der Waals surface area (Å²) in [5, 5.41) is 10.1. The lowest BCUT2D eigenvalue weighted by Gasteiger charge is -2.40. The minimum Gasteiger partial charge on any atom is -0.485 e. The van der Waals surface area contributed by atoms with Crippen molar-refractivity contribution in [2.75, 3.05) is 13.2 Å². The Bertz CT molecular complexity index is 488. The third-order valence-electron chi connectivity index (χ3n) is 4.18. The van der Waals surface area contributed by atoms with Crippen molar-refractivity contribution >= 4 is 28.3 Å². The van der Waals surface area contributed by atoms with Gasteiger partial charge in [0.1, 0.15) is 12.7 Å². The van der Waals surface area contributed by atoms with E-state index in [1.165, 1.54) is 6.42 Å². The predicted octanol–water partition coefficient (Wildman–Crippen LogP) is 4.15. The fraction of sp³-hybridized carbons (Fsp3) is 0.625. The Hall–Kier alpha value is -0.430. The van der Waals surface area contributed by atoms with Gasteiger partial charge in [-0.1, -0.05) is 22.4 Å². The molecule has 1 aromatic rings. The number of benzene rings is 1. The van der Waals surface area contributed by atoms with Gasteiger partial charge in [-0.3, -0.25) is 4.90 Å². The monoisotopic (exact) mass is 413 g/mol. The molecule has 1 N–H and O–H groups in total. The lowest BCUT2D eigenvalue weighted by Crippen LogP contribution is -2.48. The third kappa shape index (κ3) is 5.55. The Labute approximate surface area is 150 Å². The van der Waals surface area contributed by atoms with Crippen LogP contribution in [0.5, 0.6) is 5.75 Å². The average Bonchev–Trinajstić information content (AvgIpc) is 2.42. The number of ether oxygens (including phenoxy) is 1. The van der Waals surface area contributed by atoms with Crippen LogP contribution in [0.15, 0.2) is 16.6 Å². The first kappa shape index (κ1) is 20.6. The summed E-state index contributed by atoms with van der Waals surface area (Å²) < 4.78 is 32.8. The molecule has 23 heavy (non-hydrogen) atoms. The molecule has 3 unspecified atom stereocenters. The van der Waals surface area contributed by atoms with Crippen LogP contribution in [-0.4, -0.2) is 41.3 Å². The molecule has 0 aliphatic carbocycles. The number of β-amino-alcohol motifs (C(OH)–C–C–N with tert-alkyl or cyclic N) is 1. The molecule has 0 bridgehead atoms. The summed E-state index contributed by atoms with van der Waals surface area (Å²) in [7, 11) is 0. The van der Waals surface area contributed by atoms with Gasteiger partial charge in [-0.25, -0.2) is 8.78 Å². The molecule has 0 spiro atoms. The summed E-state index contributed by atoms with van der Waals surface area (Å²) in [5.74, 6) is -2.00. The molecule has 3 atom stereocenters. The lowest BCUT2D eigenvalue weighted by molar-refractivity contribution is 0.0195. The number of rotatable bonds is 5. The molecule has 1 saturated heterocycles. The molecule has 0 amide bonds. The number of piperidine rings is 1. The van der Waals surface area contributed by atoms with Crippen molar-refractivity contribution in [3.05, 3.63) is 28.2 Å². The van der Waals surface area contributed by atoms with Crippen molar-refractivity contribution < 1.29 is 18.6 Å². The van der Waals surface area contributed by atoms with Crippen molar-refractivity contribution in [1.82, 2.24) is 4.90 Å². The minimum atomic E-state index is -0.787. The maximum Gasteiger partial charge on any atom is 0.190 e. The van der Waals surface area contributed by atoms with Gasteiger partial charge in [-0.05, 0) is 38.8 Å². The molecular formula is C16H23BrClF2NO2. The number of hydrogen-bond donors (Lipinski definition) is 1. The van der Waals surface area contributed by atoms with Crippen molar-refractivity contribution in [3.63, 3.8) is 0 Å². The quantitative estimate of drug-likeness (QED) is 0.785. The van der Waals surface area contributed by atoms with Gasteiger partial charge >= 0.3 is 0 Å². The Kier molecular flexibility index (Phi) is 8.21. The molecule has 3 nitrogen and oxygen atoms in total. The molecule has 2 rings (SSSR count). The molecule has 0 aromatic heterocycles. The Morgan fingerprint density at radius 2 is 1.78 bits per heavy atom. The zero-order chi connectivity index (χ0) is 16.3. The lowest BCUT2D eigenvalue weighted by atomic mass is 9.97. The van der Waals surface area contributed by atoms with Gasteiger partial charge in [0.15, 0.2) is 17.4 Å². The van der Waals surface area contributed by atoms with Crippen molar-refractivity contribution in [2.45, 2.75) is 51.3 Å². The number of hydrogen-bond acceptors (Lipinski definition) is 3. The van der Waals surface area contributed by atoms with Gasteiger partial charge in [0.05, 0.1) is 0 Å². The maximum atomic E-state index is 13.7. The average molecular weight is 415 g/mol. The van der Waals surface area contributed by atoms with Crippen LogP contribution in [0.4, 0.5) is 8.78 Å². The molecule has 1 heterocycles. The number of likely N-dealkylation sites (tertiary alicyclic amines) is 1. The van der Waals surface area contributed by atoms with E-state index in [1.807, 2.05) is 0 Å². The standard InChI is InChI=1S/C16H22BrF2NO2.ClH/c1-10-4-3-5-11(2)20(10)8-13(21)9-22-16-14(18)6-12(17)7-15(16)19;/h6-7,10-11,13,21H,3-5,8-9H2,1-2H3;1H. The number of aliphatic hydroxyl groups excluding tert-OH is 1. The van der Waals surface area contributed by atoms with Crippen LogP contribution in [0.2, 0.25) is 0 Å². The summed E-state index contributed by atoms with van der Waals surface area (Å²) >= 11 is 3.01. The highest BCUT2D eigenvalue weighted by molar-refractivity contribution is 9.10. The summed E-state index contributed by atoms with van der Waals surface area (Å²) in [5.41, 5.74) is 0.